The molecule has 3 unspecified atom stereocenters. The van der Waals surface area contributed by atoms with Crippen molar-refractivity contribution in [2.75, 3.05) is 26.3 Å². The summed E-state index contributed by atoms with van der Waals surface area (Å²) in [7, 11) is 0. The highest BCUT2D eigenvalue weighted by molar-refractivity contribution is 5.75. The van der Waals surface area contributed by atoms with Crippen molar-refractivity contribution in [3.63, 3.8) is 0 Å². The van der Waals surface area contributed by atoms with Crippen LogP contribution in [0.5, 0.6) is 0 Å². The van der Waals surface area contributed by atoms with Crippen molar-refractivity contribution in [2.24, 2.45) is 11.8 Å². The molecular weight excluding hydrogens is 258 g/mol. The first-order valence-corrected chi connectivity index (χ1v) is 7.58. The molecule has 0 bridgehead atoms. The fourth-order valence-corrected chi connectivity index (χ4v) is 2.68. The summed E-state index contributed by atoms with van der Waals surface area (Å²) < 4.78 is 10.2. The number of esters is 2. The number of nitrogens with zero attached hydrogens (tertiary/aromatic N) is 1. The van der Waals surface area contributed by atoms with Gasteiger partial charge >= 0.3 is 11.9 Å². The van der Waals surface area contributed by atoms with Gasteiger partial charge in [-0.3, -0.25) is 14.5 Å². The summed E-state index contributed by atoms with van der Waals surface area (Å²) in [5.41, 5.74) is 0. The van der Waals surface area contributed by atoms with Gasteiger partial charge in [-0.05, 0) is 46.1 Å². The number of ether oxygens (including phenoxy) is 2. The van der Waals surface area contributed by atoms with Crippen molar-refractivity contribution in [2.45, 2.75) is 46.6 Å². The van der Waals surface area contributed by atoms with Gasteiger partial charge in [-0.15, -0.1) is 0 Å². The summed E-state index contributed by atoms with van der Waals surface area (Å²) >= 11 is 0. The highest BCUT2D eigenvalue weighted by atomic mass is 16.5. The zero-order valence-electron chi connectivity index (χ0n) is 13.1. The average molecular weight is 285 g/mol. The molecule has 5 nitrogen and oxygen atoms in total. The molecule has 0 N–H and O–H groups in total. The van der Waals surface area contributed by atoms with Crippen LogP contribution in [-0.2, 0) is 19.1 Å². The van der Waals surface area contributed by atoms with E-state index in [1.54, 1.807) is 0 Å². The molecule has 1 fully saturated rings. The third-order valence-corrected chi connectivity index (χ3v) is 4.03. The molecule has 1 saturated heterocycles. The largest absolute Gasteiger partial charge is 0.466 e. The summed E-state index contributed by atoms with van der Waals surface area (Å²) in [6.07, 6.45) is 2.00. The van der Waals surface area contributed by atoms with Gasteiger partial charge in [0.1, 0.15) is 6.04 Å². The van der Waals surface area contributed by atoms with Gasteiger partial charge < -0.3 is 9.47 Å². The quantitative estimate of drug-likeness (QED) is 0.697. The number of piperidine rings is 1. The van der Waals surface area contributed by atoms with Crippen LogP contribution < -0.4 is 0 Å². The van der Waals surface area contributed by atoms with Gasteiger partial charge in [0, 0.05) is 6.54 Å². The molecule has 0 radical (unpaired) electrons. The normalized spacial score (nSPS) is 22.9. The van der Waals surface area contributed by atoms with E-state index in [2.05, 4.69) is 4.90 Å². The van der Waals surface area contributed by atoms with E-state index >= 15 is 0 Å². The van der Waals surface area contributed by atoms with E-state index in [0.717, 1.165) is 25.9 Å². The standard InChI is InChI=1S/C15H27NO4/c1-5-19-14(17)11(3)13-8-7-9-16(10-13)12(4)15(18)20-6-2/h11-13H,5-10H2,1-4H3. The molecule has 3 atom stereocenters. The zero-order valence-corrected chi connectivity index (χ0v) is 13.1. The van der Waals surface area contributed by atoms with Crippen LogP contribution in [0.3, 0.4) is 0 Å². The number of carbonyl (C=O) groups is 2. The van der Waals surface area contributed by atoms with Gasteiger partial charge in [0.25, 0.3) is 0 Å². The number of likely N-dealkylation sites (tertiary alicyclic amines) is 1. The fraction of sp³-hybridized carbons (Fsp3) is 0.867. The SMILES string of the molecule is CCOC(=O)C(C)C1CCCN(C(C)C(=O)OCC)C1. The van der Waals surface area contributed by atoms with Crippen molar-refractivity contribution in [1.82, 2.24) is 4.90 Å². The van der Waals surface area contributed by atoms with Crippen molar-refractivity contribution < 1.29 is 19.1 Å². The predicted octanol–water partition coefficient (Wildman–Crippen LogP) is 1.85. The minimum atomic E-state index is -0.243. The lowest BCUT2D eigenvalue weighted by Gasteiger charge is -2.37. The highest BCUT2D eigenvalue weighted by Gasteiger charge is 2.33. The first-order chi connectivity index (χ1) is 9.51. The molecule has 1 rings (SSSR count). The van der Waals surface area contributed by atoms with Gasteiger partial charge in [0.05, 0.1) is 19.1 Å². The smallest absolute Gasteiger partial charge is 0.323 e. The lowest BCUT2D eigenvalue weighted by molar-refractivity contribution is -0.152. The Balaban J connectivity index is 2.57. The minimum Gasteiger partial charge on any atom is -0.466 e. The molecule has 116 valence electrons. The second-order valence-electron chi connectivity index (χ2n) is 5.37. The third-order valence-electron chi connectivity index (χ3n) is 4.03. The van der Waals surface area contributed by atoms with Crippen LogP contribution in [0.4, 0.5) is 0 Å². The molecular formula is C15H27NO4. The molecule has 20 heavy (non-hydrogen) atoms. The Morgan fingerprint density at radius 3 is 2.35 bits per heavy atom. The Labute approximate surface area is 121 Å². The summed E-state index contributed by atoms with van der Waals surface area (Å²) in [6.45, 7) is 9.87. The fourth-order valence-electron chi connectivity index (χ4n) is 2.68. The minimum absolute atomic E-state index is 0.118. The molecule has 1 aliphatic heterocycles. The molecule has 1 aliphatic rings. The van der Waals surface area contributed by atoms with Crippen molar-refractivity contribution in [1.29, 1.82) is 0 Å². The molecule has 0 aliphatic carbocycles. The maximum Gasteiger partial charge on any atom is 0.323 e. The van der Waals surface area contributed by atoms with Gasteiger partial charge in [0.2, 0.25) is 0 Å². The van der Waals surface area contributed by atoms with Gasteiger partial charge in [-0.2, -0.15) is 0 Å². The van der Waals surface area contributed by atoms with Crippen LogP contribution in [0.15, 0.2) is 0 Å². The van der Waals surface area contributed by atoms with Crippen LogP contribution in [0.2, 0.25) is 0 Å². The first-order valence-electron chi connectivity index (χ1n) is 7.58. The van der Waals surface area contributed by atoms with Crippen molar-refractivity contribution >= 4 is 11.9 Å². The van der Waals surface area contributed by atoms with Crippen molar-refractivity contribution in [3.05, 3.63) is 0 Å². The van der Waals surface area contributed by atoms with Crippen LogP contribution in [0.1, 0.15) is 40.5 Å². The molecule has 0 saturated carbocycles. The van der Waals surface area contributed by atoms with Crippen LogP contribution >= 0.6 is 0 Å². The zero-order chi connectivity index (χ0) is 15.1. The Kier molecular flexibility index (Phi) is 6.99. The highest BCUT2D eigenvalue weighted by Crippen LogP contribution is 2.26. The molecule has 0 aromatic heterocycles. The number of rotatable bonds is 6. The van der Waals surface area contributed by atoms with E-state index in [4.69, 9.17) is 9.47 Å². The molecule has 1 heterocycles. The lowest BCUT2D eigenvalue weighted by atomic mass is 9.86. The van der Waals surface area contributed by atoms with Gasteiger partial charge in [-0.25, -0.2) is 0 Å². The molecule has 0 amide bonds. The number of hydrogen-bond acceptors (Lipinski definition) is 5. The average Bonchev–Trinajstić information content (AvgIpc) is 2.46. The summed E-state index contributed by atoms with van der Waals surface area (Å²) in [6, 6.07) is -0.243. The maximum atomic E-state index is 11.8. The Morgan fingerprint density at radius 1 is 1.15 bits per heavy atom. The molecule has 0 spiro atoms. The Morgan fingerprint density at radius 2 is 1.75 bits per heavy atom. The van der Waals surface area contributed by atoms with Crippen molar-refractivity contribution in [3.8, 4) is 0 Å². The summed E-state index contributed by atoms with van der Waals surface area (Å²) in [4.78, 5) is 25.7. The first kappa shape index (κ1) is 17.0. The Bertz CT molecular complexity index is 302. The van der Waals surface area contributed by atoms with Crippen LogP contribution in [-0.4, -0.2) is 49.2 Å². The lowest BCUT2D eigenvalue weighted by Crippen LogP contribution is -2.47. The second-order valence-corrected chi connectivity index (χ2v) is 5.37. The summed E-state index contributed by atoms with van der Waals surface area (Å²) in [5.74, 6) is -0.188. The van der Waals surface area contributed by atoms with E-state index < -0.39 is 0 Å². The number of carbonyl (C=O) groups excluding carboxylic acids is 2. The maximum absolute atomic E-state index is 11.8. The monoisotopic (exact) mass is 285 g/mol. The van der Waals surface area contributed by atoms with Crippen LogP contribution in [0, 0.1) is 11.8 Å². The Hall–Kier alpha value is -1.10. The van der Waals surface area contributed by atoms with E-state index in [1.165, 1.54) is 0 Å². The van der Waals surface area contributed by atoms with E-state index in [0.29, 0.717) is 13.2 Å². The third kappa shape index (κ3) is 4.47. The molecule has 5 heteroatoms. The second kappa shape index (κ2) is 8.25. The molecule has 0 aromatic carbocycles. The topological polar surface area (TPSA) is 55.8 Å². The van der Waals surface area contributed by atoms with Crippen LogP contribution in [0.25, 0.3) is 0 Å². The molecule has 0 aromatic rings. The van der Waals surface area contributed by atoms with Gasteiger partial charge in [-0.1, -0.05) is 6.92 Å². The summed E-state index contributed by atoms with van der Waals surface area (Å²) in [5, 5.41) is 0. The number of hydrogen-bond donors (Lipinski definition) is 0. The van der Waals surface area contributed by atoms with Gasteiger partial charge in [0.15, 0.2) is 0 Å². The van der Waals surface area contributed by atoms with E-state index in [-0.39, 0.29) is 29.8 Å². The predicted molar refractivity (Wildman–Crippen MR) is 76.2 cm³/mol. The van der Waals surface area contributed by atoms with E-state index in [9.17, 15) is 9.59 Å². The van der Waals surface area contributed by atoms with E-state index in [1.807, 2.05) is 27.7 Å².